The lowest BCUT2D eigenvalue weighted by Crippen LogP contribution is -2.28. The number of hydrogen-bond acceptors (Lipinski definition) is 4. The van der Waals surface area contributed by atoms with Crippen LogP contribution in [0.3, 0.4) is 0 Å². The van der Waals surface area contributed by atoms with E-state index in [-0.39, 0.29) is 18.4 Å². The zero-order valence-electron chi connectivity index (χ0n) is 12.7. The van der Waals surface area contributed by atoms with Crippen molar-refractivity contribution in [3.8, 4) is 5.75 Å². The Morgan fingerprint density at radius 3 is 2.33 bits per heavy atom. The number of hydrogen-bond donors (Lipinski definition) is 2. The molecule has 1 rings (SSSR count). The second-order valence-corrected chi connectivity index (χ2v) is 5.19. The van der Waals surface area contributed by atoms with E-state index in [0.717, 1.165) is 0 Å². The number of aromatic hydroxyl groups is 1. The Balaban J connectivity index is 3.37. The molecule has 0 aromatic carbocycles. The Bertz CT molecular complexity index is 551. The first kappa shape index (κ1) is 17.2. The molecule has 5 heteroatoms. The van der Waals surface area contributed by atoms with Crippen LogP contribution in [-0.2, 0) is 13.2 Å². The maximum atomic E-state index is 11.9. The van der Waals surface area contributed by atoms with Crippen molar-refractivity contribution in [1.29, 1.82) is 0 Å². The second kappa shape index (κ2) is 7.81. The second-order valence-electron chi connectivity index (χ2n) is 5.19. The molecule has 0 fully saturated rings. The van der Waals surface area contributed by atoms with Crippen molar-refractivity contribution in [1.82, 2.24) is 9.47 Å². The molecule has 0 unspecified atom stereocenters. The predicted molar refractivity (Wildman–Crippen MR) is 84.3 cm³/mol. The molecule has 0 spiro atoms. The number of aliphatic hydroxyl groups is 1. The first-order valence-electron chi connectivity index (χ1n) is 6.97. The van der Waals surface area contributed by atoms with Crippen molar-refractivity contribution >= 4 is 0 Å². The molecule has 5 nitrogen and oxygen atoms in total. The molecule has 0 radical (unpaired) electrons. The van der Waals surface area contributed by atoms with E-state index in [0.29, 0.717) is 31.0 Å². The van der Waals surface area contributed by atoms with Crippen LogP contribution in [-0.4, -0.2) is 32.8 Å². The Morgan fingerprint density at radius 1 is 1.33 bits per heavy atom. The van der Waals surface area contributed by atoms with Crippen LogP contribution in [0.2, 0.25) is 0 Å². The minimum absolute atomic E-state index is 0.0166. The van der Waals surface area contributed by atoms with Crippen molar-refractivity contribution in [3.05, 3.63) is 53.0 Å². The highest BCUT2D eigenvalue weighted by Crippen LogP contribution is 2.21. The topological polar surface area (TPSA) is 65.7 Å². The maximum Gasteiger partial charge on any atom is 0.223 e. The molecule has 0 amide bonds. The van der Waals surface area contributed by atoms with E-state index < -0.39 is 5.43 Å². The van der Waals surface area contributed by atoms with E-state index in [2.05, 4.69) is 13.2 Å². The Kier molecular flexibility index (Phi) is 6.39. The largest absolute Gasteiger partial charge is 0.503 e. The average molecular weight is 292 g/mol. The summed E-state index contributed by atoms with van der Waals surface area (Å²) in [5.41, 5.74) is 0.535. The summed E-state index contributed by atoms with van der Waals surface area (Å²) >= 11 is 0. The summed E-state index contributed by atoms with van der Waals surface area (Å²) in [5, 5.41) is 19.6. The van der Waals surface area contributed by atoms with Gasteiger partial charge in [0.05, 0.1) is 12.3 Å². The van der Waals surface area contributed by atoms with Gasteiger partial charge >= 0.3 is 0 Å². The van der Waals surface area contributed by atoms with Gasteiger partial charge in [0, 0.05) is 37.4 Å². The van der Waals surface area contributed by atoms with E-state index in [4.69, 9.17) is 0 Å². The highest BCUT2D eigenvalue weighted by atomic mass is 16.3. The van der Waals surface area contributed by atoms with Gasteiger partial charge in [-0.3, -0.25) is 9.69 Å². The van der Waals surface area contributed by atoms with Gasteiger partial charge in [-0.15, -0.1) is 13.2 Å². The fraction of sp³-hybridized carbons (Fsp3) is 0.438. The molecule has 1 aromatic rings. The van der Waals surface area contributed by atoms with Crippen molar-refractivity contribution in [2.45, 2.75) is 33.0 Å². The predicted octanol–water partition coefficient (Wildman–Crippen LogP) is 1.80. The van der Waals surface area contributed by atoms with Crippen LogP contribution >= 0.6 is 0 Å². The van der Waals surface area contributed by atoms with Gasteiger partial charge < -0.3 is 14.8 Å². The first-order valence-corrected chi connectivity index (χ1v) is 6.97. The van der Waals surface area contributed by atoms with Crippen molar-refractivity contribution in [2.24, 2.45) is 0 Å². The van der Waals surface area contributed by atoms with Gasteiger partial charge in [-0.2, -0.15) is 0 Å². The third-order valence-corrected chi connectivity index (χ3v) is 3.23. The molecule has 0 saturated carbocycles. The van der Waals surface area contributed by atoms with Crippen LogP contribution in [0.25, 0.3) is 0 Å². The normalized spacial score (nSPS) is 11.1. The molecule has 0 aliphatic carbocycles. The van der Waals surface area contributed by atoms with Gasteiger partial charge in [-0.1, -0.05) is 12.2 Å². The van der Waals surface area contributed by atoms with Crippen LogP contribution in [0, 0.1) is 0 Å². The summed E-state index contributed by atoms with van der Waals surface area (Å²) in [7, 11) is 0. The summed E-state index contributed by atoms with van der Waals surface area (Å²) in [5.74, 6) is -0.265. The summed E-state index contributed by atoms with van der Waals surface area (Å²) in [4.78, 5) is 13.9. The number of nitrogens with zero attached hydrogens (tertiary/aromatic N) is 2. The van der Waals surface area contributed by atoms with Crippen molar-refractivity contribution in [2.75, 3.05) is 13.1 Å². The average Bonchev–Trinajstić information content (AvgIpc) is 2.43. The molecule has 0 aliphatic heterocycles. The molecular formula is C16H24N2O3. The lowest BCUT2D eigenvalue weighted by atomic mass is 10.2. The Hall–Kier alpha value is -1.85. The molecule has 0 atom stereocenters. The summed E-state index contributed by atoms with van der Waals surface area (Å²) in [6, 6.07) is 1.30. The standard InChI is InChI=1S/C16H24N2O3/c1-5-7-17(8-6-2)10-14-16(21)15(20)9-13(11-19)18(14)12(3)4/h5-6,9,12,19,21H,1-2,7-8,10-11H2,3-4H3. The molecular weight excluding hydrogens is 268 g/mol. The van der Waals surface area contributed by atoms with E-state index in [9.17, 15) is 15.0 Å². The molecule has 21 heavy (non-hydrogen) atoms. The number of pyridine rings is 1. The fourth-order valence-corrected chi connectivity index (χ4v) is 2.42. The third kappa shape index (κ3) is 4.06. The molecule has 0 bridgehead atoms. The molecule has 0 aliphatic rings. The first-order chi connectivity index (χ1) is 9.96. The Morgan fingerprint density at radius 2 is 1.90 bits per heavy atom. The third-order valence-electron chi connectivity index (χ3n) is 3.23. The van der Waals surface area contributed by atoms with E-state index in [1.807, 2.05) is 18.7 Å². The van der Waals surface area contributed by atoms with E-state index in [1.54, 1.807) is 16.7 Å². The molecule has 1 aromatic heterocycles. The van der Waals surface area contributed by atoms with Crippen LogP contribution in [0.4, 0.5) is 0 Å². The maximum absolute atomic E-state index is 11.9. The minimum atomic E-state index is -0.469. The zero-order chi connectivity index (χ0) is 16.0. The van der Waals surface area contributed by atoms with Crippen molar-refractivity contribution < 1.29 is 10.2 Å². The summed E-state index contributed by atoms with van der Waals surface area (Å²) in [6.45, 7) is 12.7. The lowest BCUT2D eigenvalue weighted by molar-refractivity contribution is 0.257. The molecule has 1 heterocycles. The Labute approximate surface area is 125 Å². The molecule has 2 N–H and O–H groups in total. The number of aliphatic hydroxyl groups excluding tert-OH is 1. The van der Waals surface area contributed by atoms with Gasteiger partial charge in [0.2, 0.25) is 5.43 Å². The van der Waals surface area contributed by atoms with Crippen molar-refractivity contribution in [3.63, 3.8) is 0 Å². The molecule has 0 saturated heterocycles. The van der Waals surface area contributed by atoms with E-state index in [1.165, 1.54) is 6.07 Å². The van der Waals surface area contributed by atoms with Gasteiger partial charge in [0.1, 0.15) is 0 Å². The fourth-order valence-electron chi connectivity index (χ4n) is 2.42. The van der Waals surface area contributed by atoms with Crippen LogP contribution in [0.15, 0.2) is 36.2 Å². The van der Waals surface area contributed by atoms with Gasteiger partial charge in [0.25, 0.3) is 0 Å². The van der Waals surface area contributed by atoms with Crippen LogP contribution in [0.1, 0.15) is 31.3 Å². The highest BCUT2D eigenvalue weighted by molar-refractivity contribution is 5.30. The number of aromatic nitrogens is 1. The number of rotatable bonds is 8. The minimum Gasteiger partial charge on any atom is -0.503 e. The van der Waals surface area contributed by atoms with Crippen LogP contribution in [0.5, 0.6) is 5.75 Å². The van der Waals surface area contributed by atoms with Gasteiger partial charge in [-0.05, 0) is 13.8 Å². The quantitative estimate of drug-likeness (QED) is 0.717. The highest BCUT2D eigenvalue weighted by Gasteiger charge is 2.18. The molecule has 116 valence electrons. The summed E-state index contributed by atoms with van der Waals surface area (Å²) in [6.07, 6.45) is 3.52. The van der Waals surface area contributed by atoms with Gasteiger partial charge in [-0.25, -0.2) is 0 Å². The zero-order valence-corrected chi connectivity index (χ0v) is 12.7. The van der Waals surface area contributed by atoms with E-state index >= 15 is 0 Å². The van der Waals surface area contributed by atoms with Crippen LogP contribution < -0.4 is 5.43 Å². The SMILES string of the molecule is C=CCN(CC=C)Cc1c(O)c(=O)cc(CO)n1C(C)C. The monoisotopic (exact) mass is 292 g/mol. The smallest absolute Gasteiger partial charge is 0.223 e. The summed E-state index contributed by atoms with van der Waals surface area (Å²) < 4.78 is 1.80. The van der Waals surface area contributed by atoms with Gasteiger partial charge in [0.15, 0.2) is 5.75 Å². The lowest BCUT2D eigenvalue weighted by Gasteiger charge is -2.26.